The number of amides is 1. The van der Waals surface area contributed by atoms with E-state index < -0.39 is 0 Å². The summed E-state index contributed by atoms with van der Waals surface area (Å²) in [5.74, 6) is -0.473. The van der Waals surface area contributed by atoms with Crippen LogP contribution in [0.5, 0.6) is 0 Å². The standard InChI is InChI=1S/C20H19N3O3/c1-15(24)21-13-16-3-7-18(8-4-16)20(25)26-14-17-5-9-19(10-6-17)23-12-2-11-22-23/h2-12H,13-14H2,1H3,(H,21,24). The lowest BCUT2D eigenvalue weighted by atomic mass is 10.1. The van der Waals surface area contributed by atoms with Crippen molar-refractivity contribution in [2.75, 3.05) is 0 Å². The number of aromatic nitrogens is 2. The van der Waals surface area contributed by atoms with E-state index in [1.165, 1.54) is 6.92 Å². The normalized spacial score (nSPS) is 10.3. The largest absolute Gasteiger partial charge is 0.457 e. The Labute approximate surface area is 151 Å². The molecule has 1 aromatic heterocycles. The lowest BCUT2D eigenvalue weighted by Gasteiger charge is -2.07. The Kier molecular flexibility index (Phi) is 5.43. The number of esters is 1. The van der Waals surface area contributed by atoms with Crippen molar-refractivity contribution in [1.82, 2.24) is 15.1 Å². The smallest absolute Gasteiger partial charge is 0.338 e. The predicted molar refractivity (Wildman–Crippen MR) is 96.6 cm³/mol. The molecule has 0 atom stereocenters. The van der Waals surface area contributed by atoms with E-state index in [4.69, 9.17) is 4.74 Å². The minimum atomic E-state index is -0.382. The predicted octanol–water partition coefficient (Wildman–Crippen LogP) is 2.87. The van der Waals surface area contributed by atoms with Gasteiger partial charge in [0.15, 0.2) is 0 Å². The van der Waals surface area contributed by atoms with Crippen LogP contribution in [0.25, 0.3) is 5.69 Å². The Balaban J connectivity index is 1.54. The van der Waals surface area contributed by atoms with Gasteiger partial charge in [0, 0.05) is 25.9 Å². The zero-order valence-electron chi connectivity index (χ0n) is 14.4. The van der Waals surface area contributed by atoms with Gasteiger partial charge >= 0.3 is 5.97 Å². The Morgan fingerprint density at radius 1 is 1.04 bits per heavy atom. The molecule has 26 heavy (non-hydrogen) atoms. The van der Waals surface area contributed by atoms with Crippen molar-refractivity contribution in [1.29, 1.82) is 0 Å². The molecule has 0 spiro atoms. The first-order chi connectivity index (χ1) is 12.6. The Morgan fingerprint density at radius 3 is 2.35 bits per heavy atom. The highest BCUT2D eigenvalue weighted by molar-refractivity contribution is 5.89. The van der Waals surface area contributed by atoms with Crippen LogP contribution in [0.3, 0.4) is 0 Å². The number of carbonyl (C=O) groups excluding carboxylic acids is 2. The van der Waals surface area contributed by atoms with E-state index in [1.54, 1.807) is 35.1 Å². The van der Waals surface area contributed by atoms with Gasteiger partial charge in [0.25, 0.3) is 0 Å². The SMILES string of the molecule is CC(=O)NCc1ccc(C(=O)OCc2ccc(-n3cccn3)cc2)cc1. The molecule has 1 heterocycles. The fraction of sp³-hybridized carbons (Fsp3) is 0.150. The summed E-state index contributed by atoms with van der Waals surface area (Å²) >= 11 is 0. The molecule has 6 nitrogen and oxygen atoms in total. The van der Waals surface area contributed by atoms with Crippen molar-refractivity contribution in [2.24, 2.45) is 0 Å². The summed E-state index contributed by atoms with van der Waals surface area (Å²) in [5, 5.41) is 6.88. The van der Waals surface area contributed by atoms with Crippen molar-refractivity contribution in [3.05, 3.63) is 83.7 Å². The molecule has 0 saturated carbocycles. The van der Waals surface area contributed by atoms with Gasteiger partial charge in [-0.3, -0.25) is 4.79 Å². The number of hydrogen-bond acceptors (Lipinski definition) is 4. The minimum Gasteiger partial charge on any atom is -0.457 e. The fourth-order valence-electron chi connectivity index (χ4n) is 2.38. The van der Waals surface area contributed by atoms with E-state index in [0.717, 1.165) is 16.8 Å². The number of rotatable bonds is 6. The van der Waals surface area contributed by atoms with Gasteiger partial charge in [-0.15, -0.1) is 0 Å². The van der Waals surface area contributed by atoms with Crippen molar-refractivity contribution in [3.63, 3.8) is 0 Å². The third kappa shape index (κ3) is 4.57. The molecule has 3 rings (SSSR count). The zero-order valence-corrected chi connectivity index (χ0v) is 14.4. The molecule has 1 N–H and O–H groups in total. The number of nitrogens with one attached hydrogen (secondary N) is 1. The Morgan fingerprint density at radius 2 is 1.73 bits per heavy atom. The van der Waals surface area contributed by atoms with Gasteiger partial charge in [-0.25, -0.2) is 9.48 Å². The average molecular weight is 349 g/mol. The van der Waals surface area contributed by atoms with Gasteiger partial charge in [0.2, 0.25) is 5.91 Å². The second-order valence-corrected chi connectivity index (χ2v) is 5.80. The second kappa shape index (κ2) is 8.11. The van der Waals surface area contributed by atoms with Gasteiger partial charge < -0.3 is 10.1 Å². The van der Waals surface area contributed by atoms with Gasteiger partial charge in [-0.05, 0) is 41.5 Å². The summed E-state index contributed by atoms with van der Waals surface area (Å²) in [7, 11) is 0. The van der Waals surface area contributed by atoms with Crippen LogP contribution in [0.1, 0.15) is 28.4 Å². The molecule has 1 amide bonds. The van der Waals surface area contributed by atoms with Crippen LogP contribution in [-0.2, 0) is 22.7 Å². The summed E-state index contributed by atoms with van der Waals surface area (Å²) < 4.78 is 7.11. The molecule has 0 fully saturated rings. The first kappa shape index (κ1) is 17.4. The van der Waals surface area contributed by atoms with Gasteiger partial charge in [0.1, 0.15) is 6.61 Å². The molecule has 2 aromatic carbocycles. The lowest BCUT2D eigenvalue weighted by molar-refractivity contribution is -0.119. The third-order valence-electron chi connectivity index (χ3n) is 3.81. The van der Waals surface area contributed by atoms with E-state index in [2.05, 4.69) is 10.4 Å². The molecule has 132 valence electrons. The molecule has 0 aliphatic heterocycles. The maximum atomic E-state index is 12.1. The number of benzene rings is 2. The number of ether oxygens (including phenoxy) is 1. The molecule has 0 saturated heterocycles. The molecule has 3 aromatic rings. The molecular formula is C20H19N3O3. The van der Waals surface area contributed by atoms with Crippen LogP contribution in [0.15, 0.2) is 67.0 Å². The van der Waals surface area contributed by atoms with Crippen LogP contribution >= 0.6 is 0 Å². The summed E-state index contributed by atoms with van der Waals surface area (Å²) in [6.45, 7) is 2.10. The van der Waals surface area contributed by atoms with Crippen LogP contribution in [0.4, 0.5) is 0 Å². The average Bonchev–Trinajstić information content (AvgIpc) is 3.20. The summed E-state index contributed by atoms with van der Waals surface area (Å²) in [4.78, 5) is 23.1. The summed E-state index contributed by atoms with van der Waals surface area (Å²) in [5.41, 5.74) is 3.24. The van der Waals surface area contributed by atoms with Gasteiger partial charge in [-0.1, -0.05) is 24.3 Å². The van der Waals surface area contributed by atoms with Crippen molar-refractivity contribution < 1.29 is 14.3 Å². The van der Waals surface area contributed by atoms with Crippen LogP contribution < -0.4 is 5.32 Å². The van der Waals surface area contributed by atoms with E-state index in [1.807, 2.05) is 36.5 Å². The molecule has 0 aliphatic rings. The minimum absolute atomic E-state index is 0.0907. The van der Waals surface area contributed by atoms with Gasteiger partial charge in [0.05, 0.1) is 11.3 Å². The van der Waals surface area contributed by atoms with E-state index in [0.29, 0.717) is 12.1 Å². The van der Waals surface area contributed by atoms with Crippen LogP contribution in [0.2, 0.25) is 0 Å². The first-order valence-corrected chi connectivity index (χ1v) is 8.21. The monoisotopic (exact) mass is 349 g/mol. The highest BCUT2D eigenvalue weighted by atomic mass is 16.5. The quantitative estimate of drug-likeness (QED) is 0.695. The highest BCUT2D eigenvalue weighted by Gasteiger charge is 2.08. The second-order valence-electron chi connectivity index (χ2n) is 5.80. The van der Waals surface area contributed by atoms with E-state index in [9.17, 15) is 9.59 Å². The number of carbonyl (C=O) groups is 2. The maximum absolute atomic E-state index is 12.1. The summed E-state index contributed by atoms with van der Waals surface area (Å²) in [6, 6.07) is 16.5. The molecule has 0 radical (unpaired) electrons. The fourth-order valence-corrected chi connectivity index (χ4v) is 2.38. The zero-order chi connectivity index (χ0) is 18.4. The molecule has 0 aliphatic carbocycles. The van der Waals surface area contributed by atoms with Crippen molar-refractivity contribution >= 4 is 11.9 Å². The maximum Gasteiger partial charge on any atom is 0.338 e. The third-order valence-corrected chi connectivity index (χ3v) is 3.81. The molecule has 0 unspecified atom stereocenters. The Bertz CT molecular complexity index is 870. The topological polar surface area (TPSA) is 73.2 Å². The first-order valence-electron chi connectivity index (χ1n) is 8.21. The summed E-state index contributed by atoms with van der Waals surface area (Å²) in [6.07, 6.45) is 3.59. The lowest BCUT2D eigenvalue weighted by Crippen LogP contribution is -2.18. The Hall–Kier alpha value is -3.41. The van der Waals surface area contributed by atoms with E-state index >= 15 is 0 Å². The van der Waals surface area contributed by atoms with Gasteiger partial charge in [-0.2, -0.15) is 5.10 Å². The van der Waals surface area contributed by atoms with Crippen LogP contribution in [0, 0.1) is 0 Å². The molecule has 0 bridgehead atoms. The number of nitrogens with zero attached hydrogens (tertiary/aromatic N) is 2. The van der Waals surface area contributed by atoms with E-state index in [-0.39, 0.29) is 18.5 Å². The van der Waals surface area contributed by atoms with Crippen molar-refractivity contribution in [3.8, 4) is 5.69 Å². The molecule has 6 heteroatoms. The number of hydrogen-bond donors (Lipinski definition) is 1. The molecular weight excluding hydrogens is 330 g/mol. The van der Waals surface area contributed by atoms with Crippen molar-refractivity contribution in [2.45, 2.75) is 20.1 Å². The highest BCUT2D eigenvalue weighted by Crippen LogP contribution is 2.11. The van der Waals surface area contributed by atoms with Crippen LogP contribution in [-0.4, -0.2) is 21.7 Å².